The van der Waals surface area contributed by atoms with E-state index in [2.05, 4.69) is 146 Å². The van der Waals surface area contributed by atoms with Crippen LogP contribution in [-0.2, 0) is 5.60 Å². The average molecular weight is 652 g/mol. The lowest BCUT2D eigenvalue weighted by atomic mass is 9.54. The first-order chi connectivity index (χ1) is 24.5. The van der Waals surface area contributed by atoms with E-state index >= 15 is 0 Å². The van der Waals surface area contributed by atoms with Crippen molar-refractivity contribution in [2.75, 3.05) is 18.0 Å². The van der Waals surface area contributed by atoms with E-state index in [0.29, 0.717) is 11.8 Å². The Labute approximate surface area is 296 Å². The Bertz CT molecular complexity index is 2290. The van der Waals surface area contributed by atoms with Gasteiger partial charge in [-0.15, -0.1) is 0 Å². The molecule has 2 heteroatoms. The lowest BCUT2D eigenvalue weighted by molar-refractivity contribution is 0.158. The SMILES string of the molecule is CC1(C)CCCC2c3ccccc3-c3c(c4c(c5ccc6ccccc6c35)OC(c3ccccc3)(c3ccc(N5CCCCC5)cc3)C=C4)C21. The first kappa shape index (κ1) is 30.0. The fourth-order valence-corrected chi connectivity index (χ4v) is 10.4. The second-order valence-electron chi connectivity index (χ2n) is 15.9. The second-order valence-corrected chi connectivity index (χ2v) is 15.9. The van der Waals surface area contributed by atoms with Gasteiger partial charge >= 0.3 is 0 Å². The number of hydrogen-bond acceptors (Lipinski definition) is 2. The Morgan fingerprint density at radius 1 is 0.680 bits per heavy atom. The zero-order valence-corrected chi connectivity index (χ0v) is 29.3. The number of anilines is 1. The minimum Gasteiger partial charge on any atom is -0.472 e. The average Bonchev–Trinajstić information content (AvgIpc) is 3.18. The second kappa shape index (κ2) is 11.4. The lowest BCUT2D eigenvalue weighted by Crippen LogP contribution is -2.37. The van der Waals surface area contributed by atoms with Crippen LogP contribution in [-0.4, -0.2) is 13.1 Å². The summed E-state index contributed by atoms with van der Waals surface area (Å²) in [7, 11) is 0. The zero-order valence-electron chi connectivity index (χ0n) is 29.3. The molecule has 2 heterocycles. The normalized spacial score (nSPS) is 23.4. The van der Waals surface area contributed by atoms with E-state index in [9.17, 15) is 0 Å². The maximum absolute atomic E-state index is 7.74. The molecule has 2 nitrogen and oxygen atoms in total. The summed E-state index contributed by atoms with van der Waals surface area (Å²) >= 11 is 0. The lowest BCUT2D eigenvalue weighted by Gasteiger charge is -2.50. The third-order valence-electron chi connectivity index (χ3n) is 12.7. The standard InChI is InChI=1S/C48H45NO/c1-47(2)28-13-20-39-37-18-9-10-19-38(37)43-42-36-17-8-7-14-32(36)21-26-40(42)46-41(44(43)45(39)47)27-29-48(50-46,33-15-5-3-6-16-33)34-22-24-35(25-23-34)49-30-11-4-12-31-49/h3,5-10,14-19,21-27,29,39,45H,4,11-13,20,28,30-31H2,1-2H3. The minimum absolute atomic E-state index is 0.156. The maximum atomic E-state index is 7.74. The molecule has 3 atom stereocenters. The molecular formula is C48H45NO. The van der Waals surface area contributed by atoms with Crippen molar-refractivity contribution in [3.63, 3.8) is 0 Å². The number of fused-ring (bicyclic) bond motifs is 13. The van der Waals surface area contributed by atoms with Gasteiger partial charge in [-0.3, -0.25) is 0 Å². The molecule has 10 rings (SSSR count). The van der Waals surface area contributed by atoms with Gasteiger partial charge in [-0.25, -0.2) is 0 Å². The molecule has 248 valence electrons. The Morgan fingerprint density at radius 3 is 2.26 bits per heavy atom. The van der Waals surface area contributed by atoms with Crippen molar-refractivity contribution in [3.05, 3.63) is 149 Å². The number of benzene rings is 6. The summed E-state index contributed by atoms with van der Waals surface area (Å²) in [6, 6.07) is 43.1. The van der Waals surface area contributed by atoms with E-state index in [1.807, 2.05) is 0 Å². The summed E-state index contributed by atoms with van der Waals surface area (Å²) in [6.45, 7) is 7.32. The molecule has 6 aromatic rings. The van der Waals surface area contributed by atoms with Crippen LogP contribution in [0, 0.1) is 5.41 Å². The van der Waals surface area contributed by atoms with Crippen molar-refractivity contribution < 1.29 is 4.74 Å². The van der Waals surface area contributed by atoms with Gasteiger partial charge < -0.3 is 9.64 Å². The summed E-state index contributed by atoms with van der Waals surface area (Å²) in [4.78, 5) is 2.54. The van der Waals surface area contributed by atoms with Crippen LogP contribution in [0.1, 0.15) is 92.0 Å². The summed E-state index contributed by atoms with van der Waals surface area (Å²) in [5.41, 5.74) is 10.2. The molecule has 0 bridgehead atoms. The number of ether oxygens (including phenoxy) is 1. The number of nitrogens with zero attached hydrogens (tertiary/aromatic N) is 1. The van der Waals surface area contributed by atoms with E-state index in [4.69, 9.17) is 4.74 Å². The van der Waals surface area contributed by atoms with Crippen molar-refractivity contribution in [1.29, 1.82) is 0 Å². The first-order valence-electron chi connectivity index (χ1n) is 18.9. The smallest absolute Gasteiger partial charge is 0.178 e. The molecule has 50 heavy (non-hydrogen) atoms. The van der Waals surface area contributed by atoms with Gasteiger partial charge in [0.2, 0.25) is 0 Å². The molecule has 1 saturated carbocycles. The molecule has 4 aliphatic rings. The number of rotatable bonds is 3. The molecule has 0 amide bonds. The largest absolute Gasteiger partial charge is 0.472 e. The van der Waals surface area contributed by atoms with Gasteiger partial charge in [-0.05, 0) is 107 Å². The van der Waals surface area contributed by atoms with Crippen molar-refractivity contribution >= 4 is 33.3 Å². The fourth-order valence-electron chi connectivity index (χ4n) is 10.4. The van der Waals surface area contributed by atoms with E-state index < -0.39 is 5.60 Å². The highest BCUT2D eigenvalue weighted by molar-refractivity contribution is 6.19. The summed E-state index contributed by atoms with van der Waals surface area (Å²) < 4.78 is 7.74. The van der Waals surface area contributed by atoms with E-state index in [1.54, 1.807) is 0 Å². The predicted molar refractivity (Wildman–Crippen MR) is 209 cm³/mol. The molecule has 6 aromatic carbocycles. The van der Waals surface area contributed by atoms with Gasteiger partial charge in [0.05, 0.1) is 0 Å². The Balaban J connectivity index is 1.27. The van der Waals surface area contributed by atoms with Crippen LogP contribution in [0.3, 0.4) is 0 Å². The summed E-state index contributed by atoms with van der Waals surface area (Å²) in [5, 5.41) is 5.12. The topological polar surface area (TPSA) is 12.5 Å². The quantitative estimate of drug-likeness (QED) is 0.177. The van der Waals surface area contributed by atoms with Gasteiger partial charge in [0.15, 0.2) is 5.60 Å². The van der Waals surface area contributed by atoms with E-state index in [-0.39, 0.29) is 5.41 Å². The van der Waals surface area contributed by atoms with Crippen LogP contribution in [0.4, 0.5) is 5.69 Å². The first-order valence-corrected chi connectivity index (χ1v) is 18.9. The molecule has 3 unspecified atom stereocenters. The van der Waals surface area contributed by atoms with E-state index in [1.165, 1.54) is 99.1 Å². The maximum Gasteiger partial charge on any atom is 0.178 e. The third-order valence-corrected chi connectivity index (χ3v) is 12.7. The molecule has 2 aliphatic heterocycles. The van der Waals surface area contributed by atoms with Crippen LogP contribution in [0.15, 0.2) is 121 Å². The molecule has 2 fully saturated rings. The molecule has 2 aliphatic carbocycles. The van der Waals surface area contributed by atoms with Gasteiger partial charge in [-0.2, -0.15) is 0 Å². The Kier molecular flexibility index (Phi) is 6.82. The fraction of sp³-hybridized carbons (Fsp3) is 0.292. The van der Waals surface area contributed by atoms with Crippen LogP contribution < -0.4 is 9.64 Å². The van der Waals surface area contributed by atoms with Gasteiger partial charge in [-0.1, -0.05) is 123 Å². The molecule has 0 aromatic heterocycles. The van der Waals surface area contributed by atoms with Gasteiger partial charge in [0.1, 0.15) is 5.75 Å². The predicted octanol–water partition coefficient (Wildman–Crippen LogP) is 12.4. The highest BCUT2D eigenvalue weighted by Crippen LogP contribution is 2.64. The summed E-state index contributed by atoms with van der Waals surface area (Å²) in [5.74, 6) is 1.92. The molecular weight excluding hydrogens is 607 g/mol. The molecule has 0 radical (unpaired) electrons. The zero-order chi connectivity index (χ0) is 33.5. The highest BCUT2D eigenvalue weighted by atomic mass is 16.5. The van der Waals surface area contributed by atoms with Crippen molar-refractivity contribution in [2.45, 2.75) is 69.8 Å². The molecule has 0 spiro atoms. The molecule has 1 saturated heterocycles. The Morgan fingerprint density at radius 2 is 1.42 bits per heavy atom. The van der Waals surface area contributed by atoms with Crippen LogP contribution in [0.25, 0.3) is 38.7 Å². The molecule has 0 N–H and O–H groups in total. The van der Waals surface area contributed by atoms with Crippen LogP contribution in [0.5, 0.6) is 5.75 Å². The number of hydrogen-bond donors (Lipinski definition) is 0. The van der Waals surface area contributed by atoms with Crippen LogP contribution in [0.2, 0.25) is 0 Å². The van der Waals surface area contributed by atoms with Gasteiger partial charge in [0, 0.05) is 46.2 Å². The van der Waals surface area contributed by atoms with E-state index in [0.717, 1.165) is 24.4 Å². The third kappa shape index (κ3) is 4.40. The summed E-state index contributed by atoms with van der Waals surface area (Å²) in [6.07, 6.45) is 12.4. The highest BCUT2D eigenvalue weighted by Gasteiger charge is 2.48. The minimum atomic E-state index is -0.754. The van der Waals surface area contributed by atoms with Crippen molar-refractivity contribution in [3.8, 4) is 16.9 Å². The van der Waals surface area contributed by atoms with Crippen LogP contribution >= 0.6 is 0 Å². The van der Waals surface area contributed by atoms with Crippen molar-refractivity contribution in [2.24, 2.45) is 5.41 Å². The van der Waals surface area contributed by atoms with Gasteiger partial charge in [0.25, 0.3) is 0 Å². The monoisotopic (exact) mass is 651 g/mol. The number of piperidine rings is 1. The van der Waals surface area contributed by atoms with Crippen molar-refractivity contribution in [1.82, 2.24) is 0 Å². The Hall–Kier alpha value is -4.82.